The van der Waals surface area contributed by atoms with E-state index in [0.29, 0.717) is 18.4 Å². The molecule has 24 heavy (non-hydrogen) atoms. The third kappa shape index (κ3) is 2.81. The van der Waals surface area contributed by atoms with E-state index in [1.807, 2.05) is 0 Å². The number of likely N-dealkylation sites (tertiary alicyclic amines) is 1. The molecule has 3 N–H and O–H groups in total. The predicted octanol–water partition coefficient (Wildman–Crippen LogP) is 1.46. The van der Waals surface area contributed by atoms with Crippen molar-refractivity contribution in [3.05, 3.63) is 40.1 Å². The van der Waals surface area contributed by atoms with Gasteiger partial charge in [-0.2, -0.15) is 5.26 Å². The van der Waals surface area contributed by atoms with Gasteiger partial charge in [0.15, 0.2) is 0 Å². The first-order valence-electron chi connectivity index (χ1n) is 7.71. The second kappa shape index (κ2) is 6.29. The van der Waals surface area contributed by atoms with E-state index in [0.717, 1.165) is 17.5 Å². The Hall–Kier alpha value is -2.92. The average molecular weight is 327 g/mol. The maximum absolute atomic E-state index is 12.5. The van der Waals surface area contributed by atoms with E-state index in [2.05, 4.69) is 11.1 Å². The van der Waals surface area contributed by atoms with Crippen molar-refractivity contribution in [3.63, 3.8) is 0 Å². The molecule has 3 rings (SSSR count). The number of fused-ring (bicyclic) bond motifs is 1. The third-order valence-electron chi connectivity index (χ3n) is 4.40. The van der Waals surface area contributed by atoms with Crippen LogP contribution in [0.2, 0.25) is 0 Å². The van der Waals surface area contributed by atoms with Crippen LogP contribution in [-0.2, 0) is 11.2 Å². The largest absolute Gasteiger partial charge is 0.361 e. The summed E-state index contributed by atoms with van der Waals surface area (Å²) >= 11 is 0. The maximum Gasteiger partial charge on any atom is 0.270 e. The minimum Gasteiger partial charge on any atom is -0.361 e. The number of nitro groups is 1. The van der Waals surface area contributed by atoms with Gasteiger partial charge in [0.05, 0.1) is 17.0 Å². The first kappa shape index (κ1) is 16.0. The van der Waals surface area contributed by atoms with E-state index in [9.17, 15) is 14.9 Å². The molecule has 2 heterocycles. The van der Waals surface area contributed by atoms with Gasteiger partial charge in [-0.1, -0.05) is 0 Å². The van der Waals surface area contributed by atoms with Crippen molar-refractivity contribution < 1.29 is 9.72 Å². The summed E-state index contributed by atoms with van der Waals surface area (Å²) in [4.78, 5) is 27.5. The van der Waals surface area contributed by atoms with Crippen LogP contribution in [-0.4, -0.2) is 39.3 Å². The van der Waals surface area contributed by atoms with Crippen LogP contribution in [0.25, 0.3) is 10.9 Å². The molecule has 2 aromatic rings. The van der Waals surface area contributed by atoms with Gasteiger partial charge >= 0.3 is 0 Å². The molecule has 8 heteroatoms. The number of rotatable bonds is 4. The number of nitrogens with one attached hydrogen (secondary N) is 1. The molecule has 0 saturated carbocycles. The lowest BCUT2D eigenvalue weighted by Crippen LogP contribution is -2.46. The fourth-order valence-electron chi connectivity index (χ4n) is 3.15. The summed E-state index contributed by atoms with van der Waals surface area (Å²) in [5.74, 6) is -0.251. The molecule has 1 saturated heterocycles. The van der Waals surface area contributed by atoms with Crippen LogP contribution in [0.3, 0.4) is 0 Å². The molecular weight excluding hydrogens is 310 g/mol. The molecule has 0 bridgehead atoms. The quantitative estimate of drug-likeness (QED) is 0.648. The van der Waals surface area contributed by atoms with Crippen LogP contribution in [0.4, 0.5) is 5.69 Å². The van der Waals surface area contributed by atoms with Gasteiger partial charge in [-0.3, -0.25) is 14.9 Å². The zero-order valence-corrected chi connectivity index (χ0v) is 12.9. The summed E-state index contributed by atoms with van der Waals surface area (Å²) in [6, 6.07) is 5.48. The zero-order valence-electron chi connectivity index (χ0n) is 12.9. The lowest BCUT2D eigenvalue weighted by Gasteiger charge is -2.23. The molecule has 0 radical (unpaired) electrons. The molecule has 124 valence electrons. The Morgan fingerprint density at radius 1 is 1.58 bits per heavy atom. The Morgan fingerprint density at radius 2 is 2.38 bits per heavy atom. The number of carbonyl (C=O) groups excluding carboxylic acids is 1. The number of nitriles is 1. The standard InChI is InChI=1S/C16H17N5O3/c17-8-12-2-1-5-20(12)16(22)14(18)6-10-9-19-15-4-3-11(21(23)24)7-13(10)15/h3-4,7,9,12,14,19H,1-2,5-6,18H2/t12-,14?/m0/s1. The van der Waals surface area contributed by atoms with Crippen molar-refractivity contribution in [3.8, 4) is 6.07 Å². The van der Waals surface area contributed by atoms with Gasteiger partial charge in [0.2, 0.25) is 5.91 Å². The van der Waals surface area contributed by atoms with Crippen molar-refractivity contribution in [1.82, 2.24) is 9.88 Å². The fraction of sp³-hybridized carbons (Fsp3) is 0.375. The number of amides is 1. The molecule has 1 aromatic heterocycles. The number of hydrogen-bond acceptors (Lipinski definition) is 5. The third-order valence-corrected chi connectivity index (χ3v) is 4.40. The topological polar surface area (TPSA) is 129 Å². The van der Waals surface area contributed by atoms with E-state index in [1.54, 1.807) is 12.3 Å². The molecule has 0 aliphatic carbocycles. The number of carbonyl (C=O) groups is 1. The minimum atomic E-state index is -0.780. The van der Waals surface area contributed by atoms with E-state index >= 15 is 0 Å². The van der Waals surface area contributed by atoms with Crippen LogP contribution in [0.1, 0.15) is 18.4 Å². The number of aromatic nitrogens is 1. The summed E-state index contributed by atoms with van der Waals surface area (Å²) in [5, 5.41) is 20.7. The summed E-state index contributed by atoms with van der Waals surface area (Å²) < 4.78 is 0. The van der Waals surface area contributed by atoms with Gasteiger partial charge in [0.25, 0.3) is 5.69 Å². The molecule has 1 fully saturated rings. The second-order valence-electron chi connectivity index (χ2n) is 5.93. The second-order valence-corrected chi connectivity index (χ2v) is 5.93. The Kier molecular flexibility index (Phi) is 4.18. The maximum atomic E-state index is 12.5. The summed E-state index contributed by atoms with van der Waals surface area (Å²) in [6.45, 7) is 0.546. The van der Waals surface area contributed by atoms with Crippen molar-refractivity contribution in [2.45, 2.75) is 31.3 Å². The van der Waals surface area contributed by atoms with Crippen LogP contribution < -0.4 is 5.73 Å². The van der Waals surface area contributed by atoms with Gasteiger partial charge in [0.1, 0.15) is 6.04 Å². The lowest BCUT2D eigenvalue weighted by molar-refractivity contribution is -0.384. The monoisotopic (exact) mass is 327 g/mol. The first-order chi connectivity index (χ1) is 11.5. The van der Waals surface area contributed by atoms with Crippen LogP contribution in [0, 0.1) is 21.4 Å². The Labute approximate surface area is 138 Å². The molecule has 1 amide bonds. The molecule has 1 unspecified atom stereocenters. The highest BCUT2D eigenvalue weighted by molar-refractivity contribution is 5.87. The van der Waals surface area contributed by atoms with Crippen LogP contribution in [0.15, 0.2) is 24.4 Å². The predicted molar refractivity (Wildman–Crippen MR) is 87.0 cm³/mol. The summed E-state index contributed by atoms with van der Waals surface area (Å²) in [7, 11) is 0. The van der Waals surface area contributed by atoms with E-state index in [1.165, 1.54) is 17.0 Å². The van der Waals surface area contributed by atoms with Crippen molar-refractivity contribution >= 4 is 22.5 Å². The lowest BCUT2D eigenvalue weighted by atomic mass is 10.0. The number of aromatic amines is 1. The van der Waals surface area contributed by atoms with Crippen molar-refractivity contribution in [1.29, 1.82) is 5.26 Å². The number of hydrogen-bond donors (Lipinski definition) is 2. The molecule has 1 aliphatic heterocycles. The van der Waals surface area contributed by atoms with Crippen LogP contribution >= 0.6 is 0 Å². The van der Waals surface area contributed by atoms with Gasteiger partial charge in [0, 0.05) is 35.8 Å². The number of non-ortho nitro benzene ring substituents is 1. The number of nitro benzene ring substituents is 1. The van der Waals surface area contributed by atoms with Gasteiger partial charge in [-0.05, 0) is 30.9 Å². The smallest absolute Gasteiger partial charge is 0.270 e. The summed E-state index contributed by atoms with van der Waals surface area (Å²) in [5.41, 5.74) is 7.55. The number of H-pyrrole nitrogens is 1. The molecular formula is C16H17N5O3. The van der Waals surface area contributed by atoms with E-state index in [-0.39, 0.29) is 18.0 Å². The highest BCUT2D eigenvalue weighted by Gasteiger charge is 2.31. The molecule has 0 spiro atoms. The highest BCUT2D eigenvalue weighted by atomic mass is 16.6. The van der Waals surface area contributed by atoms with Gasteiger partial charge in [-0.25, -0.2) is 0 Å². The van der Waals surface area contributed by atoms with Gasteiger partial charge in [-0.15, -0.1) is 0 Å². The molecule has 1 aromatic carbocycles. The zero-order chi connectivity index (χ0) is 17.3. The normalized spacial score (nSPS) is 18.5. The van der Waals surface area contributed by atoms with E-state index < -0.39 is 17.0 Å². The molecule has 8 nitrogen and oxygen atoms in total. The Bertz CT molecular complexity index is 838. The fourth-order valence-corrected chi connectivity index (χ4v) is 3.15. The Morgan fingerprint density at radius 3 is 3.08 bits per heavy atom. The number of nitrogens with two attached hydrogens (primary N) is 1. The van der Waals surface area contributed by atoms with Gasteiger partial charge < -0.3 is 15.6 Å². The number of benzene rings is 1. The number of nitrogens with zero attached hydrogens (tertiary/aromatic N) is 3. The van der Waals surface area contributed by atoms with Crippen LogP contribution in [0.5, 0.6) is 0 Å². The van der Waals surface area contributed by atoms with Crippen molar-refractivity contribution in [2.24, 2.45) is 5.73 Å². The Balaban J connectivity index is 1.81. The van der Waals surface area contributed by atoms with Crippen molar-refractivity contribution in [2.75, 3.05) is 6.54 Å². The SMILES string of the molecule is N#C[C@@H]1CCCN1C(=O)C(N)Cc1c[nH]c2ccc([N+](=O)[O-])cc12. The van der Waals surface area contributed by atoms with E-state index in [4.69, 9.17) is 11.0 Å². The minimum absolute atomic E-state index is 0.00710. The first-order valence-corrected chi connectivity index (χ1v) is 7.71. The highest BCUT2D eigenvalue weighted by Crippen LogP contribution is 2.25. The molecule has 2 atom stereocenters. The molecule has 1 aliphatic rings. The summed E-state index contributed by atoms with van der Waals surface area (Å²) in [6.07, 6.45) is 3.45. The average Bonchev–Trinajstić information content (AvgIpc) is 3.20.